The summed E-state index contributed by atoms with van der Waals surface area (Å²) in [6, 6.07) is 2.58. The summed E-state index contributed by atoms with van der Waals surface area (Å²) in [5.41, 5.74) is -1.33. The number of benzene rings is 1. The van der Waals surface area contributed by atoms with Gasteiger partial charge in [0.1, 0.15) is 5.75 Å². The van der Waals surface area contributed by atoms with E-state index in [-0.39, 0.29) is 31.7 Å². The molecule has 134 valence electrons. The van der Waals surface area contributed by atoms with Gasteiger partial charge in [0, 0.05) is 13.1 Å². The van der Waals surface area contributed by atoms with Crippen molar-refractivity contribution in [1.82, 2.24) is 4.31 Å². The fourth-order valence-electron chi connectivity index (χ4n) is 2.58. The van der Waals surface area contributed by atoms with Gasteiger partial charge in [0.2, 0.25) is 10.0 Å². The number of carbonyl (C=O) groups is 1. The predicted molar refractivity (Wildman–Crippen MR) is 77.1 cm³/mol. The van der Waals surface area contributed by atoms with Crippen LogP contribution in [0.2, 0.25) is 0 Å². The highest BCUT2D eigenvalue weighted by molar-refractivity contribution is 7.89. The molecule has 1 aliphatic rings. The summed E-state index contributed by atoms with van der Waals surface area (Å²) in [5.74, 6) is -2.22. The van der Waals surface area contributed by atoms with Crippen molar-refractivity contribution >= 4 is 16.0 Å². The van der Waals surface area contributed by atoms with E-state index in [4.69, 9.17) is 9.84 Å². The molecule has 0 amide bonds. The third kappa shape index (κ3) is 3.64. The molecule has 0 radical (unpaired) electrons. The minimum Gasteiger partial charge on any atom is -0.497 e. The number of aliphatic carboxylic acids is 1. The summed E-state index contributed by atoms with van der Waals surface area (Å²) in [6.45, 7) is -0.365. The molecule has 0 aliphatic carbocycles. The molecule has 1 heterocycles. The van der Waals surface area contributed by atoms with Crippen LogP contribution in [0.3, 0.4) is 0 Å². The predicted octanol–water partition coefficient (Wildman–Crippen LogP) is 2.20. The maximum atomic E-state index is 13.2. The number of hydrogen-bond donors (Lipinski definition) is 1. The first-order valence-electron chi connectivity index (χ1n) is 7.05. The lowest BCUT2D eigenvalue weighted by atomic mass is 10.0. The Kier molecular flexibility index (Phi) is 5.09. The Morgan fingerprint density at radius 2 is 2.04 bits per heavy atom. The lowest BCUT2D eigenvalue weighted by Crippen LogP contribution is -2.42. The van der Waals surface area contributed by atoms with Crippen LogP contribution in [0.25, 0.3) is 0 Å². The molecule has 2 rings (SSSR count). The van der Waals surface area contributed by atoms with Crippen LogP contribution in [0.15, 0.2) is 23.1 Å². The smallest absolute Gasteiger partial charge is 0.417 e. The molecular formula is C14H16F3NO5S. The van der Waals surface area contributed by atoms with Gasteiger partial charge in [-0.1, -0.05) is 0 Å². The maximum Gasteiger partial charge on any atom is 0.417 e. The van der Waals surface area contributed by atoms with Crippen molar-refractivity contribution < 1.29 is 36.2 Å². The standard InChI is InChI=1S/C14H16F3NO5S/c1-23-10-4-5-12(11(7-10)14(15,16)17)24(21,22)18-6-2-3-9(8-18)13(19)20/h4-5,7,9H,2-3,6,8H2,1H3,(H,19,20)/t9-/m1/s1. The van der Waals surface area contributed by atoms with Crippen LogP contribution in [-0.4, -0.2) is 44.0 Å². The minimum atomic E-state index is -4.89. The molecule has 0 spiro atoms. The fourth-order valence-corrected chi connectivity index (χ4v) is 4.30. The zero-order chi connectivity index (χ0) is 18.1. The third-order valence-corrected chi connectivity index (χ3v) is 5.77. The topological polar surface area (TPSA) is 83.9 Å². The largest absolute Gasteiger partial charge is 0.497 e. The molecule has 1 fully saturated rings. The van der Waals surface area contributed by atoms with E-state index in [0.29, 0.717) is 6.07 Å². The van der Waals surface area contributed by atoms with Crippen molar-refractivity contribution in [2.45, 2.75) is 23.9 Å². The molecule has 0 saturated carbocycles. The van der Waals surface area contributed by atoms with Crippen LogP contribution in [0.4, 0.5) is 13.2 Å². The number of methoxy groups -OCH3 is 1. The monoisotopic (exact) mass is 367 g/mol. The molecule has 1 aromatic rings. The van der Waals surface area contributed by atoms with Gasteiger partial charge < -0.3 is 9.84 Å². The van der Waals surface area contributed by atoms with Gasteiger partial charge in [0.05, 0.1) is 23.5 Å². The normalized spacial score (nSPS) is 19.9. The molecule has 1 aliphatic heterocycles. The number of nitrogens with zero attached hydrogens (tertiary/aromatic N) is 1. The van der Waals surface area contributed by atoms with Gasteiger partial charge in [-0.05, 0) is 31.0 Å². The molecule has 1 aromatic carbocycles. The number of rotatable bonds is 4. The second kappa shape index (κ2) is 6.60. The first kappa shape index (κ1) is 18.5. The van der Waals surface area contributed by atoms with E-state index in [2.05, 4.69) is 0 Å². The zero-order valence-corrected chi connectivity index (χ0v) is 13.5. The number of alkyl halides is 3. The van der Waals surface area contributed by atoms with E-state index >= 15 is 0 Å². The van der Waals surface area contributed by atoms with Gasteiger partial charge >= 0.3 is 12.1 Å². The number of ether oxygens (including phenoxy) is 1. The van der Waals surface area contributed by atoms with Crippen molar-refractivity contribution in [3.8, 4) is 5.75 Å². The van der Waals surface area contributed by atoms with Crippen molar-refractivity contribution in [3.05, 3.63) is 23.8 Å². The molecule has 1 N–H and O–H groups in total. The number of piperidine rings is 1. The summed E-state index contributed by atoms with van der Waals surface area (Å²) >= 11 is 0. The average molecular weight is 367 g/mol. The van der Waals surface area contributed by atoms with Gasteiger partial charge in [0.15, 0.2) is 0 Å². The second-order valence-electron chi connectivity index (χ2n) is 5.40. The van der Waals surface area contributed by atoms with E-state index in [1.165, 1.54) is 7.11 Å². The highest BCUT2D eigenvalue weighted by Crippen LogP contribution is 2.38. The maximum absolute atomic E-state index is 13.2. The van der Waals surface area contributed by atoms with Crippen molar-refractivity contribution in [3.63, 3.8) is 0 Å². The number of carboxylic acid groups (broad SMARTS) is 1. The molecule has 24 heavy (non-hydrogen) atoms. The summed E-state index contributed by atoms with van der Waals surface area (Å²) < 4.78 is 70.5. The summed E-state index contributed by atoms with van der Waals surface area (Å²) in [4.78, 5) is 10.2. The van der Waals surface area contributed by atoms with E-state index in [1.807, 2.05) is 0 Å². The second-order valence-corrected chi connectivity index (χ2v) is 7.31. The molecule has 0 unspecified atom stereocenters. The van der Waals surface area contributed by atoms with E-state index in [9.17, 15) is 26.4 Å². The molecule has 6 nitrogen and oxygen atoms in total. The van der Waals surface area contributed by atoms with Crippen LogP contribution in [0.5, 0.6) is 5.75 Å². The van der Waals surface area contributed by atoms with Crippen LogP contribution in [-0.2, 0) is 21.0 Å². The Hall–Kier alpha value is -1.81. The van der Waals surface area contributed by atoms with Crippen LogP contribution < -0.4 is 4.74 Å². The van der Waals surface area contributed by atoms with Gasteiger partial charge in [-0.15, -0.1) is 0 Å². The van der Waals surface area contributed by atoms with Crippen LogP contribution in [0, 0.1) is 5.92 Å². The van der Waals surface area contributed by atoms with Crippen LogP contribution in [0.1, 0.15) is 18.4 Å². The van der Waals surface area contributed by atoms with Crippen molar-refractivity contribution in [2.75, 3.05) is 20.2 Å². The zero-order valence-electron chi connectivity index (χ0n) is 12.7. The van der Waals surface area contributed by atoms with Gasteiger partial charge in [0.25, 0.3) is 0 Å². The summed E-state index contributed by atoms with van der Waals surface area (Å²) in [6.07, 6.45) is -4.33. The molecule has 1 saturated heterocycles. The molecule has 0 bridgehead atoms. The summed E-state index contributed by atoms with van der Waals surface area (Å²) in [5, 5.41) is 9.03. The van der Waals surface area contributed by atoms with E-state index in [1.54, 1.807) is 0 Å². The Morgan fingerprint density at radius 3 is 2.58 bits per heavy atom. The minimum absolute atomic E-state index is 0.0184. The lowest BCUT2D eigenvalue weighted by molar-refractivity contribution is -0.143. The number of halogens is 3. The van der Waals surface area contributed by atoms with Gasteiger partial charge in [-0.3, -0.25) is 4.79 Å². The molecular weight excluding hydrogens is 351 g/mol. The quantitative estimate of drug-likeness (QED) is 0.882. The van der Waals surface area contributed by atoms with E-state index in [0.717, 1.165) is 16.4 Å². The SMILES string of the molecule is COc1ccc(S(=O)(=O)N2CCC[C@@H](C(=O)O)C2)c(C(F)(F)F)c1. The Balaban J connectivity index is 2.47. The molecule has 1 atom stereocenters. The van der Waals surface area contributed by atoms with Crippen LogP contribution >= 0.6 is 0 Å². The molecule has 0 aromatic heterocycles. The Morgan fingerprint density at radius 1 is 1.38 bits per heavy atom. The lowest BCUT2D eigenvalue weighted by Gasteiger charge is -2.30. The van der Waals surface area contributed by atoms with Gasteiger partial charge in [-0.25, -0.2) is 8.42 Å². The number of carboxylic acids is 1. The highest BCUT2D eigenvalue weighted by Gasteiger charge is 2.41. The third-order valence-electron chi connectivity index (χ3n) is 3.84. The van der Waals surface area contributed by atoms with Crippen molar-refractivity contribution in [2.24, 2.45) is 5.92 Å². The Bertz CT molecular complexity index is 732. The first-order chi connectivity index (χ1) is 11.1. The van der Waals surface area contributed by atoms with Gasteiger partial charge in [-0.2, -0.15) is 17.5 Å². The average Bonchev–Trinajstić information content (AvgIpc) is 2.53. The molecule has 10 heteroatoms. The number of hydrogen-bond acceptors (Lipinski definition) is 4. The first-order valence-corrected chi connectivity index (χ1v) is 8.49. The van der Waals surface area contributed by atoms with Crippen molar-refractivity contribution in [1.29, 1.82) is 0 Å². The van der Waals surface area contributed by atoms with E-state index < -0.39 is 38.5 Å². The Labute approximate surface area is 136 Å². The highest BCUT2D eigenvalue weighted by atomic mass is 32.2. The summed E-state index contributed by atoms with van der Waals surface area (Å²) in [7, 11) is -3.30. The number of sulfonamides is 1. The fraction of sp³-hybridized carbons (Fsp3) is 0.500.